The van der Waals surface area contributed by atoms with Gasteiger partial charge in [0.25, 0.3) is 11.5 Å². The number of aromatic nitrogens is 1. The van der Waals surface area contributed by atoms with E-state index in [1.807, 2.05) is 35.2 Å². The van der Waals surface area contributed by atoms with Crippen LogP contribution in [0.1, 0.15) is 22.8 Å². The molecule has 0 bridgehead atoms. The average Bonchev–Trinajstić information content (AvgIpc) is 3.23. The van der Waals surface area contributed by atoms with Gasteiger partial charge in [0.15, 0.2) is 10.6 Å². The summed E-state index contributed by atoms with van der Waals surface area (Å²) < 4.78 is 2.80. The van der Waals surface area contributed by atoms with Crippen molar-refractivity contribution in [1.82, 2.24) is 4.57 Å². The van der Waals surface area contributed by atoms with E-state index in [1.54, 1.807) is 16.7 Å². The summed E-state index contributed by atoms with van der Waals surface area (Å²) in [5, 5.41) is 2.82. The van der Waals surface area contributed by atoms with Crippen molar-refractivity contribution >= 4 is 55.9 Å². The first-order valence-electron chi connectivity index (χ1n) is 9.18. The summed E-state index contributed by atoms with van der Waals surface area (Å²) in [7, 11) is 0. The van der Waals surface area contributed by atoms with Gasteiger partial charge in [0, 0.05) is 27.0 Å². The first-order valence-corrected chi connectivity index (χ1v) is 10.8. The van der Waals surface area contributed by atoms with Gasteiger partial charge >= 0.3 is 0 Å². The van der Waals surface area contributed by atoms with Crippen molar-refractivity contribution in [1.29, 1.82) is 0 Å². The Labute approximate surface area is 183 Å². The number of hydrogen-bond acceptors (Lipinski definition) is 6. The number of fused-ring (bicyclic) bond motifs is 2. The van der Waals surface area contributed by atoms with E-state index >= 15 is 0 Å². The van der Waals surface area contributed by atoms with Gasteiger partial charge in [-0.2, -0.15) is 0 Å². The van der Waals surface area contributed by atoms with Gasteiger partial charge in [0.05, 0.1) is 5.57 Å². The number of Topliss-reactive ketones (excluding diaryl/α,β-unsaturated/α-hetero) is 1. The quantitative estimate of drug-likeness (QED) is 0.566. The normalized spacial score (nSPS) is 16.6. The Morgan fingerprint density at radius 1 is 1.17 bits per heavy atom. The van der Waals surface area contributed by atoms with Crippen LogP contribution in [0.2, 0.25) is 0 Å². The Hall–Kier alpha value is -3.04. The van der Waals surface area contributed by atoms with Crippen LogP contribution in [0.15, 0.2) is 56.7 Å². The molecule has 0 unspecified atom stereocenters. The fourth-order valence-corrected chi connectivity index (χ4v) is 5.02. The third-order valence-corrected chi connectivity index (χ3v) is 6.75. The molecule has 150 valence electrons. The molecule has 0 aliphatic carbocycles. The topological polar surface area (TPSA) is 83.8 Å². The summed E-state index contributed by atoms with van der Waals surface area (Å²) in [6.45, 7) is 2.24. The summed E-state index contributed by atoms with van der Waals surface area (Å²) in [6.07, 6.45) is 0. The zero-order chi connectivity index (χ0) is 21.0. The third-order valence-electron chi connectivity index (χ3n) is 5.14. The molecule has 2 aliphatic rings. The zero-order valence-electron chi connectivity index (χ0n) is 15.8. The van der Waals surface area contributed by atoms with Crippen LogP contribution >= 0.6 is 27.3 Å². The van der Waals surface area contributed by atoms with Gasteiger partial charge in [-0.25, -0.2) is 4.99 Å². The van der Waals surface area contributed by atoms with E-state index in [-0.39, 0.29) is 17.2 Å². The number of ketones is 1. The molecular formula is C21H15BrN4O3S. The number of halogens is 1. The van der Waals surface area contributed by atoms with Crippen LogP contribution in [0.25, 0.3) is 5.57 Å². The van der Waals surface area contributed by atoms with E-state index in [2.05, 4.69) is 26.2 Å². The van der Waals surface area contributed by atoms with Crippen LogP contribution in [0.4, 0.5) is 11.4 Å². The summed E-state index contributed by atoms with van der Waals surface area (Å²) in [5.74, 6) is -0.277. The maximum atomic E-state index is 13.2. The molecule has 1 aromatic heterocycles. The van der Waals surface area contributed by atoms with Gasteiger partial charge in [-0.3, -0.25) is 19.0 Å². The lowest BCUT2D eigenvalue weighted by molar-refractivity contribution is -0.110. The Morgan fingerprint density at radius 2 is 1.93 bits per heavy atom. The second-order valence-corrected chi connectivity index (χ2v) is 8.94. The molecule has 0 saturated heterocycles. The van der Waals surface area contributed by atoms with Crippen molar-refractivity contribution in [2.45, 2.75) is 13.6 Å². The highest BCUT2D eigenvalue weighted by atomic mass is 79.9. The first kappa shape index (κ1) is 19.0. The van der Waals surface area contributed by atoms with Gasteiger partial charge in [0.2, 0.25) is 0 Å². The zero-order valence-corrected chi connectivity index (χ0v) is 18.2. The Bertz CT molecular complexity index is 1410. The summed E-state index contributed by atoms with van der Waals surface area (Å²) in [5.41, 5.74) is 3.06. The number of amides is 1. The van der Waals surface area contributed by atoms with Crippen molar-refractivity contribution in [3.63, 3.8) is 0 Å². The molecule has 3 heterocycles. The predicted molar refractivity (Wildman–Crippen MR) is 118 cm³/mol. The van der Waals surface area contributed by atoms with Gasteiger partial charge in [-0.05, 0) is 49.4 Å². The first-order chi connectivity index (χ1) is 14.4. The van der Waals surface area contributed by atoms with Crippen molar-refractivity contribution in [3.05, 3.63) is 77.8 Å². The molecule has 3 aromatic rings. The molecule has 7 nitrogen and oxygen atoms in total. The highest BCUT2D eigenvalue weighted by Gasteiger charge is 2.28. The highest BCUT2D eigenvalue weighted by Crippen LogP contribution is 2.32. The number of benzene rings is 2. The third kappa shape index (κ3) is 3.01. The molecule has 0 spiro atoms. The molecule has 0 saturated carbocycles. The second kappa shape index (κ2) is 7.03. The van der Waals surface area contributed by atoms with Gasteiger partial charge in [0.1, 0.15) is 17.9 Å². The van der Waals surface area contributed by atoms with Gasteiger partial charge in [-0.15, -0.1) is 0 Å². The molecule has 0 radical (unpaired) electrons. The molecule has 1 N–H and O–H groups in total. The minimum Gasteiger partial charge on any atom is -0.334 e. The molecule has 2 aliphatic heterocycles. The Morgan fingerprint density at radius 3 is 2.67 bits per heavy atom. The van der Waals surface area contributed by atoms with Crippen LogP contribution in [0.5, 0.6) is 0 Å². The largest absolute Gasteiger partial charge is 0.334 e. The number of rotatable bonds is 2. The number of anilines is 2. The van der Waals surface area contributed by atoms with Crippen molar-refractivity contribution < 1.29 is 9.59 Å². The molecule has 2 aromatic carbocycles. The monoisotopic (exact) mass is 482 g/mol. The van der Waals surface area contributed by atoms with Crippen LogP contribution in [-0.4, -0.2) is 22.9 Å². The molecule has 1 amide bonds. The lowest BCUT2D eigenvalue weighted by Gasteiger charge is -2.25. The standard InChI is InChI=1S/C21H15BrN4O3S/c1-11(27)12-2-5-14(6-3-12)25-9-23-21-26(10-25)20(29)18(30-21)17-15-8-13(22)4-7-16(15)24-19(17)28/h2-8H,9-10H2,1H3,(H,24,28). The van der Waals surface area contributed by atoms with Crippen molar-refractivity contribution in [2.75, 3.05) is 16.9 Å². The molecule has 5 rings (SSSR count). The molecule has 0 fully saturated rings. The minimum absolute atomic E-state index is 0.00430. The van der Waals surface area contributed by atoms with E-state index in [0.717, 1.165) is 10.2 Å². The maximum absolute atomic E-state index is 13.2. The van der Waals surface area contributed by atoms with Gasteiger partial charge < -0.3 is 10.2 Å². The number of hydrogen-bond donors (Lipinski definition) is 1. The number of carbonyl (C=O) groups excluding carboxylic acids is 2. The fraction of sp³-hybridized carbons (Fsp3) is 0.143. The van der Waals surface area contributed by atoms with E-state index < -0.39 is 0 Å². The van der Waals surface area contributed by atoms with E-state index in [9.17, 15) is 14.4 Å². The molecular weight excluding hydrogens is 468 g/mol. The van der Waals surface area contributed by atoms with Crippen molar-refractivity contribution in [3.8, 4) is 0 Å². The van der Waals surface area contributed by atoms with Gasteiger partial charge in [-0.1, -0.05) is 27.3 Å². The Kier molecular flexibility index (Phi) is 4.44. The lowest BCUT2D eigenvalue weighted by Crippen LogP contribution is -2.43. The summed E-state index contributed by atoms with van der Waals surface area (Å²) in [4.78, 5) is 44.4. The van der Waals surface area contributed by atoms with Crippen LogP contribution in [0.3, 0.4) is 0 Å². The average molecular weight is 483 g/mol. The highest BCUT2D eigenvalue weighted by molar-refractivity contribution is 9.10. The molecule has 30 heavy (non-hydrogen) atoms. The van der Waals surface area contributed by atoms with E-state index in [0.29, 0.717) is 45.1 Å². The predicted octanol–water partition coefficient (Wildman–Crippen LogP) is 2.08. The smallest absolute Gasteiger partial charge is 0.272 e. The van der Waals surface area contributed by atoms with Crippen LogP contribution < -0.4 is 25.1 Å². The van der Waals surface area contributed by atoms with E-state index in [4.69, 9.17) is 0 Å². The maximum Gasteiger partial charge on any atom is 0.272 e. The SMILES string of the molecule is CC(=O)c1ccc(N2CN=c3sc(=C4C(=O)Nc5ccc(Br)cc54)c(=O)n3C2)cc1. The van der Waals surface area contributed by atoms with E-state index in [1.165, 1.54) is 18.3 Å². The second-order valence-electron chi connectivity index (χ2n) is 7.05. The number of nitrogens with zero attached hydrogens (tertiary/aromatic N) is 3. The summed E-state index contributed by atoms with van der Waals surface area (Å²) >= 11 is 4.66. The number of carbonyl (C=O) groups is 2. The number of thiazole rings is 1. The van der Waals surface area contributed by atoms with Crippen LogP contribution in [-0.2, 0) is 11.5 Å². The van der Waals surface area contributed by atoms with Crippen molar-refractivity contribution in [2.24, 2.45) is 4.99 Å². The summed E-state index contributed by atoms with van der Waals surface area (Å²) in [6, 6.07) is 12.7. The number of nitrogens with one attached hydrogen (secondary N) is 1. The molecule has 9 heteroatoms. The fourth-order valence-electron chi connectivity index (χ4n) is 3.60. The Balaban J connectivity index is 1.59. The molecule has 0 atom stereocenters. The minimum atomic E-state index is -0.281. The lowest BCUT2D eigenvalue weighted by atomic mass is 10.1. The van der Waals surface area contributed by atoms with Crippen LogP contribution in [0, 0.1) is 0 Å².